The van der Waals surface area contributed by atoms with Gasteiger partial charge in [-0.2, -0.15) is 4.57 Å². The highest BCUT2D eigenvalue weighted by molar-refractivity contribution is 8.03. The number of fused-ring (bicyclic) bond motifs is 4. The Morgan fingerprint density at radius 2 is 1.69 bits per heavy atom. The lowest BCUT2D eigenvalue weighted by Gasteiger charge is -2.22. The van der Waals surface area contributed by atoms with E-state index in [2.05, 4.69) is 60.6 Å². The highest BCUT2D eigenvalue weighted by atomic mass is 32.2. The molecule has 4 aromatic rings. The molecule has 0 unspecified atom stereocenters. The Hall–Kier alpha value is -2.26. The SMILES string of the molecule is CCC(=Cc1sc2sc(C)c(C)c2[n+]1CCCS(=O)(=O)[O-])C=C1Sc2ccc3ccccc3c2N1CCCS(=O)(=O)[O-]. The number of benzene rings is 2. The monoisotopic (exact) mass is 663 g/mol. The van der Waals surface area contributed by atoms with E-state index in [4.69, 9.17) is 0 Å². The molecule has 0 spiro atoms. The van der Waals surface area contributed by atoms with Crippen LogP contribution in [0.2, 0.25) is 0 Å². The average molecular weight is 664 g/mol. The third kappa shape index (κ3) is 6.93. The number of thiophene rings is 1. The molecule has 0 aliphatic carbocycles. The summed E-state index contributed by atoms with van der Waals surface area (Å²) in [6, 6.07) is 12.2. The highest BCUT2D eigenvalue weighted by Gasteiger charge is 2.28. The highest BCUT2D eigenvalue weighted by Crippen LogP contribution is 2.50. The number of hydrogen-bond donors (Lipinski definition) is 0. The van der Waals surface area contributed by atoms with Gasteiger partial charge < -0.3 is 14.0 Å². The van der Waals surface area contributed by atoms with E-state index in [0.29, 0.717) is 13.1 Å². The quantitative estimate of drug-likeness (QED) is 0.139. The second kappa shape index (κ2) is 12.4. The Morgan fingerprint density at radius 1 is 0.976 bits per heavy atom. The van der Waals surface area contributed by atoms with Crippen molar-refractivity contribution in [3.8, 4) is 0 Å². The Kier molecular flexibility index (Phi) is 9.19. The second-order valence-corrected chi connectivity index (χ2v) is 16.8. The van der Waals surface area contributed by atoms with Gasteiger partial charge in [-0.05, 0) is 49.8 Å². The van der Waals surface area contributed by atoms with Crippen LogP contribution in [-0.4, -0.2) is 44.0 Å². The molecule has 0 fully saturated rings. The first-order valence-corrected chi connectivity index (χ1v) is 19.1. The summed E-state index contributed by atoms with van der Waals surface area (Å²) >= 11 is 4.98. The van der Waals surface area contributed by atoms with Crippen LogP contribution >= 0.6 is 34.4 Å². The molecule has 0 amide bonds. The van der Waals surface area contributed by atoms with Gasteiger partial charge in [0.15, 0.2) is 10.6 Å². The predicted octanol–water partition coefficient (Wildman–Crippen LogP) is 6.14. The number of anilines is 1. The molecule has 13 heteroatoms. The van der Waals surface area contributed by atoms with Crippen molar-refractivity contribution in [2.45, 2.75) is 51.5 Å². The van der Waals surface area contributed by atoms with Gasteiger partial charge in [0.1, 0.15) is 0 Å². The summed E-state index contributed by atoms with van der Waals surface area (Å²) < 4.78 is 71.3. The molecular weight excluding hydrogens is 633 g/mol. The maximum atomic E-state index is 11.4. The van der Waals surface area contributed by atoms with E-state index in [1.54, 1.807) is 34.4 Å². The number of rotatable bonds is 11. The van der Waals surface area contributed by atoms with Gasteiger partial charge in [-0.3, -0.25) is 0 Å². The van der Waals surface area contributed by atoms with Crippen molar-refractivity contribution in [3.63, 3.8) is 0 Å². The van der Waals surface area contributed by atoms with E-state index in [1.165, 1.54) is 4.88 Å². The molecule has 1 aliphatic heterocycles. The zero-order valence-electron chi connectivity index (χ0n) is 23.5. The lowest BCUT2D eigenvalue weighted by molar-refractivity contribution is -0.668. The van der Waals surface area contributed by atoms with Crippen molar-refractivity contribution >= 4 is 86.7 Å². The number of thiazole rings is 1. The molecule has 0 bridgehead atoms. The summed E-state index contributed by atoms with van der Waals surface area (Å²) in [5, 5.41) is 4.07. The van der Waals surface area contributed by atoms with Gasteiger partial charge in [0.05, 0.1) is 31.0 Å². The van der Waals surface area contributed by atoms with Crippen molar-refractivity contribution < 1.29 is 30.5 Å². The van der Waals surface area contributed by atoms with E-state index >= 15 is 0 Å². The van der Waals surface area contributed by atoms with Crippen LogP contribution in [0.3, 0.4) is 0 Å². The van der Waals surface area contributed by atoms with Crippen molar-refractivity contribution in [1.29, 1.82) is 0 Å². The molecule has 0 radical (unpaired) electrons. The summed E-state index contributed by atoms with van der Waals surface area (Å²) in [5.41, 5.74) is 4.29. The van der Waals surface area contributed by atoms with Crippen molar-refractivity contribution in [2.24, 2.45) is 0 Å². The summed E-state index contributed by atoms with van der Waals surface area (Å²) in [4.78, 5) is 4.39. The van der Waals surface area contributed by atoms with E-state index in [-0.39, 0.29) is 12.8 Å². The molecule has 2 aromatic heterocycles. The summed E-state index contributed by atoms with van der Waals surface area (Å²) in [5.74, 6) is -0.841. The zero-order chi connectivity index (χ0) is 30.2. The maximum absolute atomic E-state index is 11.4. The molecule has 5 rings (SSSR count). The molecule has 8 nitrogen and oxygen atoms in total. The Bertz CT molecular complexity index is 1940. The molecule has 0 saturated carbocycles. The number of thioether (sulfide) groups is 1. The van der Waals surface area contributed by atoms with Crippen LogP contribution in [0.15, 0.2) is 58.0 Å². The molecule has 224 valence electrons. The minimum absolute atomic E-state index is 0.208. The summed E-state index contributed by atoms with van der Waals surface area (Å²) in [7, 11) is -8.63. The standard InChI is InChI=1S/C29H32N2O6S5/c1-4-21(18-26-30(13-7-15-41(32,33)34)27-19(2)20(3)38-29(27)40-26)17-25-31(14-8-16-42(35,36)37)28-23-10-6-5-9-22(23)11-12-24(28)39-25/h5-6,9-12,17-18H,4,7-8,13-16H2,1-3H3,(H-,32,33,34,35,36,37)/p-1. The number of aryl methyl sites for hydroxylation is 3. The first-order valence-electron chi connectivity index (χ1n) is 13.5. The fourth-order valence-corrected chi connectivity index (χ4v) is 10.0. The maximum Gasteiger partial charge on any atom is 0.263 e. The van der Waals surface area contributed by atoms with Crippen molar-refractivity contribution in [2.75, 3.05) is 23.0 Å². The third-order valence-electron chi connectivity index (χ3n) is 7.25. The minimum Gasteiger partial charge on any atom is -0.748 e. The van der Waals surface area contributed by atoms with Gasteiger partial charge in [-0.15, -0.1) is 11.3 Å². The Morgan fingerprint density at radius 3 is 2.40 bits per heavy atom. The second-order valence-electron chi connectivity index (χ2n) is 10.2. The van der Waals surface area contributed by atoms with Gasteiger partial charge in [-0.25, -0.2) is 16.8 Å². The molecule has 42 heavy (non-hydrogen) atoms. The van der Waals surface area contributed by atoms with Crippen LogP contribution in [0, 0.1) is 13.8 Å². The predicted molar refractivity (Wildman–Crippen MR) is 171 cm³/mol. The van der Waals surface area contributed by atoms with Crippen LogP contribution < -0.4 is 9.47 Å². The van der Waals surface area contributed by atoms with Gasteiger partial charge in [-0.1, -0.05) is 60.4 Å². The first kappa shape index (κ1) is 31.2. The van der Waals surface area contributed by atoms with E-state index in [1.807, 2.05) is 18.2 Å². The number of aromatic nitrogens is 1. The van der Waals surface area contributed by atoms with Gasteiger partial charge in [0.2, 0.25) is 5.52 Å². The van der Waals surface area contributed by atoms with E-state index in [0.717, 1.165) is 58.5 Å². The van der Waals surface area contributed by atoms with Gasteiger partial charge in [0.25, 0.3) is 5.01 Å². The van der Waals surface area contributed by atoms with Crippen LogP contribution in [0.1, 0.15) is 41.6 Å². The molecule has 2 aromatic carbocycles. The molecule has 3 heterocycles. The van der Waals surface area contributed by atoms with Crippen LogP contribution in [0.4, 0.5) is 5.69 Å². The molecular formula is C29H31N2O6S5-. The molecule has 0 N–H and O–H groups in total. The third-order valence-corrected chi connectivity index (χ3v) is 12.3. The number of nitrogens with zero attached hydrogens (tertiary/aromatic N) is 2. The van der Waals surface area contributed by atoms with Gasteiger partial charge in [0, 0.05) is 51.3 Å². The lowest BCUT2D eigenvalue weighted by Crippen LogP contribution is -2.36. The Labute approximate surface area is 258 Å². The minimum atomic E-state index is -4.33. The van der Waals surface area contributed by atoms with Crippen LogP contribution in [0.5, 0.6) is 0 Å². The van der Waals surface area contributed by atoms with Crippen LogP contribution in [0.25, 0.3) is 26.4 Å². The molecule has 1 aliphatic rings. The first-order chi connectivity index (χ1) is 19.8. The normalized spacial score (nSPS) is 15.4. The van der Waals surface area contributed by atoms with E-state index < -0.39 is 31.7 Å². The average Bonchev–Trinajstić information content (AvgIpc) is 3.52. The fraction of sp³-hybridized carbons (Fsp3) is 0.345. The van der Waals surface area contributed by atoms with Crippen molar-refractivity contribution in [1.82, 2.24) is 0 Å². The summed E-state index contributed by atoms with van der Waals surface area (Å²) in [6.07, 6.45) is 5.40. The molecule has 0 saturated heterocycles. The zero-order valence-corrected chi connectivity index (χ0v) is 27.5. The smallest absolute Gasteiger partial charge is 0.263 e. The topological polar surface area (TPSA) is 122 Å². The lowest BCUT2D eigenvalue weighted by atomic mass is 10.1. The van der Waals surface area contributed by atoms with Gasteiger partial charge >= 0.3 is 0 Å². The summed E-state index contributed by atoms with van der Waals surface area (Å²) in [6.45, 7) is 7.00. The molecule has 0 atom stereocenters. The fourth-order valence-electron chi connectivity index (χ4n) is 5.12. The van der Waals surface area contributed by atoms with E-state index in [9.17, 15) is 25.9 Å². The Balaban J connectivity index is 1.55. The number of allylic oxidation sites excluding steroid dienone is 2. The van der Waals surface area contributed by atoms with Crippen molar-refractivity contribution in [3.05, 3.63) is 68.5 Å². The largest absolute Gasteiger partial charge is 0.748 e. The number of hydrogen-bond acceptors (Lipinski definition) is 10. The van der Waals surface area contributed by atoms with Crippen LogP contribution in [-0.2, 0) is 26.8 Å².